The molecule has 0 spiro atoms. The highest BCUT2D eigenvalue weighted by molar-refractivity contribution is 6.03. The Morgan fingerprint density at radius 2 is 1.66 bits per heavy atom. The van der Waals surface area contributed by atoms with Crippen LogP contribution in [0.25, 0.3) is 32.9 Å². The van der Waals surface area contributed by atoms with Gasteiger partial charge in [-0.25, -0.2) is 9.37 Å². The molecule has 5 nitrogen and oxygen atoms in total. The second kappa shape index (κ2) is 7.39. The Morgan fingerprint density at radius 3 is 2.31 bits per heavy atom. The second-order valence-corrected chi connectivity index (χ2v) is 7.50. The number of nitrogens with zero attached hydrogens (tertiary/aromatic N) is 2. The normalized spacial score (nSPS) is 11.5. The molecule has 0 saturated carbocycles. The van der Waals surface area contributed by atoms with Gasteiger partial charge in [-0.3, -0.25) is 0 Å². The van der Waals surface area contributed by atoms with Crippen molar-refractivity contribution in [1.29, 1.82) is 0 Å². The lowest BCUT2D eigenvalue weighted by Crippen LogP contribution is -2.29. The van der Waals surface area contributed by atoms with E-state index in [2.05, 4.69) is 48.4 Å². The fraction of sp³-hybridized carbons (Fsp3) is 0.333. The number of fused-ring (bicyclic) bond motifs is 4. The highest BCUT2D eigenvalue weighted by Crippen LogP contribution is 2.31. The van der Waals surface area contributed by atoms with Crippen molar-refractivity contribution in [3.63, 3.8) is 0 Å². The van der Waals surface area contributed by atoms with Crippen molar-refractivity contribution >= 4 is 38.6 Å². The molecule has 150 valence electrons. The molecule has 29 heavy (non-hydrogen) atoms. The molecule has 4 rings (SSSR count). The van der Waals surface area contributed by atoms with E-state index in [9.17, 15) is 4.79 Å². The van der Waals surface area contributed by atoms with Crippen LogP contribution in [-0.2, 0) is 6.42 Å². The van der Waals surface area contributed by atoms with E-state index >= 15 is 0 Å². The van der Waals surface area contributed by atoms with E-state index in [1.54, 1.807) is 0 Å². The zero-order chi connectivity index (χ0) is 20.7. The predicted octanol–water partition coefficient (Wildman–Crippen LogP) is 4.13. The third-order valence-electron chi connectivity index (χ3n) is 5.59. The maximum atomic E-state index is 12.7. The Hall–Kier alpha value is -3.08. The van der Waals surface area contributed by atoms with Crippen LogP contribution < -0.4 is 20.5 Å². The average Bonchev–Trinajstić information content (AvgIpc) is 2.72. The highest BCUT2D eigenvalue weighted by Gasteiger charge is 2.15. The Morgan fingerprint density at radius 1 is 0.897 bits per heavy atom. The summed E-state index contributed by atoms with van der Waals surface area (Å²) in [6.45, 7) is 8.13. The number of aryl methyl sites for hydroxylation is 1. The van der Waals surface area contributed by atoms with E-state index in [1.165, 1.54) is 5.56 Å². The number of hydrogen-bond acceptors (Lipinski definition) is 4. The lowest BCUT2D eigenvalue weighted by molar-refractivity contribution is 0.561. The van der Waals surface area contributed by atoms with Crippen molar-refractivity contribution in [3.05, 3.63) is 57.7 Å². The number of benzene rings is 2. The smallest absolute Gasteiger partial charge is 0.347 e. The zero-order valence-corrected chi connectivity index (χ0v) is 17.7. The first-order chi connectivity index (χ1) is 14.0. The minimum atomic E-state index is -0.371. The van der Waals surface area contributed by atoms with Crippen LogP contribution in [0.5, 0.6) is 0 Å². The van der Waals surface area contributed by atoms with Gasteiger partial charge in [-0.2, -0.15) is 0 Å². The van der Waals surface area contributed by atoms with Gasteiger partial charge in [0, 0.05) is 37.3 Å². The van der Waals surface area contributed by atoms with E-state index in [0.717, 1.165) is 46.9 Å². The van der Waals surface area contributed by atoms with E-state index in [-0.39, 0.29) is 5.63 Å². The fourth-order valence-corrected chi connectivity index (χ4v) is 3.99. The summed E-state index contributed by atoms with van der Waals surface area (Å²) in [5.74, 6) is 0. The quantitative estimate of drug-likeness (QED) is 0.227. The summed E-state index contributed by atoms with van der Waals surface area (Å²) < 4.78 is 14.2. The van der Waals surface area contributed by atoms with Gasteiger partial charge in [0.05, 0.1) is 11.5 Å². The van der Waals surface area contributed by atoms with Crippen molar-refractivity contribution in [2.45, 2.75) is 27.2 Å². The number of anilines is 1. The average molecular weight is 391 g/mol. The van der Waals surface area contributed by atoms with Crippen LogP contribution in [0, 0.1) is 0 Å². The fourth-order valence-electron chi connectivity index (χ4n) is 3.99. The van der Waals surface area contributed by atoms with Gasteiger partial charge in [0.25, 0.3) is 0 Å². The molecule has 0 bridgehead atoms. The van der Waals surface area contributed by atoms with Crippen molar-refractivity contribution < 1.29 is 8.83 Å². The lowest BCUT2D eigenvalue weighted by Gasteiger charge is -2.17. The molecule has 0 saturated heterocycles. The molecule has 2 aromatic carbocycles. The SMILES string of the molecule is CCc1cc2cc3c(=O)oc4cc(=[N+](CC)CC)ccc4c3oc2cc1N(C)C. The van der Waals surface area contributed by atoms with Gasteiger partial charge in [0.2, 0.25) is 5.36 Å². The van der Waals surface area contributed by atoms with Crippen molar-refractivity contribution in [2.75, 3.05) is 32.1 Å². The molecule has 0 N–H and O–H groups in total. The third kappa shape index (κ3) is 3.20. The Kier molecular flexibility index (Phi) is 4.91. The van der Waals surface area contributed by atoms with Gasteiger partial charge >= 0.3 is 5.63 Å². The van der Waals surface area contributed by atoms with Crippen LogP contribution in [0.15, 0.2) is 50.0 Å². The molecular formula is C24H27N2O3+. The minimum absolute atomic E-state index is 0.371. The maximum Gasteiger partial charge on any atom is 0.347 e. The molecule has 0 aliphatic carbocycles. The largest absolute Gasteiger partial charge is 0.455 e. The topological polar surface area (TPSA) is 49.6 Å². The van der Waals surface area contributed by atoms with Crippen LogP contribution in [0.2, 0.25) is 0 Å². The summed E-state index contributed by atoms with van der Waals surface area (Å²) in [6, 6.07) is 12.0. The van der Waals surface area contributed by atoms with Crippen LogP contribution in [0.3, 0.4) is 0 Å². The van der Waals surface area contributed by atoms with Crippen LogP contribution in [0.1, 0.15) is 26.3 Å². The van der Waals surface area contributed by atoms with Gasteiger partial charge in [0.1, 0.15) is 29.6 Å². The van der Waals surface area contributed by atoms with Gasteiger partial charge < -0.3 is 13.7 Å². The Balaban J connectivity index is 2.10. The summed E-state index contributed by atoms with van der Waals surface area (Å²) in [5, 5.41) is 3.23. The summed E-state index contributed by atoms with van der Waals surface area (Å²) in [6.07, 6.45) is 0.905. The molecule has 0 atom stereocenters. The molecule has 2 aromatic heterocycles. The lowest BCUT2D eigenvalue weighted by atomic mass is 10.0. The van der Waals surface area contributed by atoms with E-state index < -0.39 is 0 Å². The molecule has 4 aromatic rings. The Labute approximate surface area is 169 Å². The van der Waals surface area contributed by atoms with E-state index in [4.69, 9.17) is 8.83 Å². The van der Waals surface area contributed by atoms with Crippen LogP contribution in [-0.4, -0.2) is 27.2 Å². The van der Waals surface area contributed by atoms with E-state index in [0.29, 0.717) is 16.6 Å². The third-order valence-corrected chi connectivity index (χ3v) is 5.59. The molecule has 5 heteroatoms. The predicted molar refractivity (Wildman–Crippen MR) is 120 cm³/mol. The Bertz CT molecular complexity index is 1350. The molecule has 2 heterocycles. The van der Waals surface area contributed by atoms with Crippen LogP contribution >= 0.6 is 0 Å². The molecule has 0 aliphatic rings. The number of hydrogen-bond donors (Lipinski definition) is 0. The molecule has 0 radical (unpaired) electrons. The summed E-state index contributed by atoms with van der Waals surface area (Å²) >= 11 is 0. The summed E-state index contributed by atoms with van der Waals surface area (Å²) in [7, 11) is 4.06. The molecule has 0 unspecified atom stereocenters. The number of rotatable bonds is 4. The van der Waals surface area contributed by atoms with E-state index in [1.807, 2.05) is 32.3 Å². The second-order valence-electron chi connectivity index (χ2n) is 7.50. The van der Waals surface area contributed by atoms with Crippen molar-refractivity contribution in [2.24, 2.45) is 0 Å². The molecular weight excluding hydrogens is 364 g/mol. The first kappa shape index (κ1) is 19.2. The zero-order valence-electron chi connectivity index (χ0n) is 17.7. The summed E-state index contributed by atoms with van der Waals surface area (Å²) in [4.78, 5) is 14.8. The summed E-state index contributed by atoms with van der Waals surface area (Å²) in [5.41, 5.74) is 3.85. The van der Waals surface area contributed by atoms with Crippen LogP contribution in [0.4, 0.5) is 5.69 Å². The van der Waals surface area contributed by atoms with Crippen molar-refractivity contribution in [3.8, 4) is 0 Å². The standard InChI is InChI=1S/C24H27N2O3/c1-6-15-11-16-12-19-23(28-21(16)14-20(15)25(4)5)18-10-9-17(26(7-2)8-3)13-22(18)29-24(19)27/h9-14H,6-8H2,1-5H3/q+1. The van der Waals surface area contributed by atoms with Gasteiger partial charge in [-0.15, -0.1) is 0 Å². The monoisotopic (exact) mass is 391 g/mol. The van der Waals surface area contributed by atoms with Gasteiger partial charge in [-0.1, -0.05) is 6.92 Å². The maximum absolute atomic E-state index is 12.7. The van der Waals surface area contributed by atoms with Gasteiger partial charge in [0.15, 0.2) is 5.58 Å². The van der Waals surface area contributed by atoms with Gasteiger partial charge in [-0.05, 0) is 44.0 Å². The molecule has 0 aliphatic heterocycles. The highest BCUT2D eigenvalue weighted by atomic mass is 16.4. The first-order valence-corrected chi connectivity index (χ1v) is 10.2. The molecule has 0 fully saturated rings. The minimum Gasteiger partial charge on any atom is -0.455 e. The molecule has 0 amide bonds. The van der Waals surface area contributed by atoms with Crippen molar-refractivity contribution in [1.82, 2.24) is 4.58 Å². The first-order valence-electron chi connectivity index (χ1n) is 10.2.